The third kappa shape index (κ3) is 3.25. The van der Waals surface area contributed by atoms with E-state index in [1.54, 1.807) is 0 Å². The van der Waals surface area contributed by atoms with Gasteiger partial charge in [-0.3, -0.25) is 0 Å². The van der Waals surface area contributed by atoms with Crippen molar-refractivity contribution in [3.63, 3.8) is 0 Å². The van der Waals surface area contributed by atoms with E-state index in [2.05, 4.69) is 48.5 Å². The van der Waals surface area contributed by atoms with E-state index in [4.69, 9.17) is 0 Å². The highest BCUT2D eigenvalue weighted by atomic mass is 16.2. The van der Waals surface area contributed by atoms with Gasteiger partial charge in [0.05, 0.1) is 0 Å². The fourth-order valence-corrected chi connectivity index (χ4v) is 12.6. The van der Waals surface area contributed by atoms with Crippen molar-refractivity contribution in [2.24, 2.45) is 62.6 Å². The van der Waals surface area contributed by atoms with Crippen molar-refractivity contribution in [3.8, 4) is 0 Å². The lowest BCUT2D eigenvalue weighted by atomic mass is 9.32. The monoisotopic (exact) mass is 456 g/mol. The number of aliphatic hydroxyl groups excluding tert-OH is 1. The van der Waals surface area contributed by atoms with E-state index in [1.807, 2.05) is 0 Å². The van der Waals surface area contributed by atoms with Gasteiger partial charge in [-0.1, -0.05) is 54.9 Å². The van der Waals surface area contributed by atoms with Crippen LogP contribution in [0, 0.1) is 62.6 Å². The largest absolute Gasteiger partial charge is 0.396 e. The molecule has 5 fully saturated rings. The molecule has 5 aliphatic rings. The summed E-state index contributed by atoms with van der Waals surface area (Å²) in [6.07, 6.45) is 18.5. The Labute approximate surface area is 206 Å². The maximum atomic E-state index is 9.40. The molecule has 0 aromatic carbocycles. The standard InChI is InChI=1S/C32H56O/c1-22(10-8-21-33)23-13-18-29(4)24(23)14-19-31(6)26(29)11-12-27-30(5)17-9-16-28(2,3)25(30)15-20-32(27,31)7/h22-27,33H,8-21H2,1-7H3/t22?,23-,24-,25+,26-,27-,29+,30+,31-,32-/m1/s1. The van der Waals surface area contributed by atoms with Crippen LogP contribution in [0.2, 0.25) is 0 Å². The molecule has 0 aromatic rings. The van der Waals surface area contributed by atoms with E-state index in [-0.39, 0.29) is 0 Å². The number of rotatable bonds is 4. The van der Waals surface area contributed by atoms with Crippen LogP contribution in [0.15, 0.2) is 0 Å². The fraction of sp³-hybridized carbons (Fsp3) is 1.00. The van der Waals surface area contributed by atoms with Crippen LogP contribution in [0.4, 0.5) is 0 Å². The third-order valence-corrected chi connectivity index (χ3v) is 14.3. The van der Waals surface area contributed by atoms with Crippen molar-refractivity contribution >= 4 is 0 Å². The quantitative estimate of drug-likeness (QED) is 0.448. The first-order valence-corrected chi connectivity index (χ1v) is 15.0. The van der Waals surface area contributed by atoms with Crippen molar-refractivity contribution in [1.82, 2.24) is 0 Å². The Morgan fingerprint density at radius 3 is 2.00 bits per heavy atom. The summed E-state index contributed by atoms with van der Waals surface area (Å²) < 4.78 is 0. The lowest BCUT2D eigenvalue weighted by Crippen LogP contribution is -2.65. The lowest BCUT2D eigenvalue weighted by molar-refractivity contribution is -0.241. The molecule has 1 heteroatoms. The Kier molecular flexibility index (Phi) is 5.96. The summed E-state index contributed by atoms with van der Waals surface area (Å²) in [4.78, 5) is 0. The predicted octanol–water partition coefficient (Wildman–Crippen LogP) is 8.89. The van der Waals surface area contributed by atoms with Gasteiger partial charge in [-0.15, -0.1) is 0 Å². The van der Waals surface area contributed by atoms with Gasteiger partial charge in [0, 0.05) is 6.61 Å². The van der Waals surface area contributed by atoms with Crippen LogP contribution in [0.5, 0.6) is 0 Å². The molecule has 0 radical (unpaired) electrons. The maximum absolute atomic E-state index is 9.40. The van der Waals surface area contributed by atoms with Gasteiger partial charge >= 0.3 is 0 Å². The minimum atomic E-state index is 0.371. The Bertz CT molecular complexity index is 741. The van der Waals surface area contributed by atoms with Crippen molar-refractivity contribution in [1.29, 1.82) is 0 Å². The summed E-state index contributed by atoms with van der Waals surface area (Å²) in [7, 11) is 0. The molecule has 0 saturated heterocycles. The highest BCUT2D eigenvalue weighted by Gasteiger charge is 2.70. The highest BCUT2D eigenvalue weighted by Crippen LogP contribution is 2.78. The minimum Gasteiger partial charge on any atom is -0.396 e. The van der Waals surface area contributed by atoms with E-state index in [1.165, 1.54) is 77.0 Å². The average Bonchev–Trinajstić information content (AvgIpc) is 3.09. The Hall–Kier alpha value is -0.0400. The van der Waals surface area contributed by atoms with Gasteiger partial charge in [-0.05, 0) is 140 Å². The highest BCUT2D eigenvalue weighted by molar-refractivity contribution is 5.19. The molecular weight excluding hydrogens is 400 g/mol. The van der Waals surface area contributed by atoms with E-state index >= 15 is 0 Å². The molecule has 1 unspecified atom stereocenters. The second kappa shape index (κ2) is 7.98. The summed E-state index contributed by atoms with van der Waals surface area (Å²) in [6.45, 7) is 19.2. The first-order valence-electron chi connectivity index (χ1n) is 15.0. The van der Waals surface area contributed by atoms with E-state index in [0.717, 1.165) is 41.9 Å². The van der Waals surface area contributed by atoms with Crippen molar-refractivity contribution in [2.45, 2.75) is 132 Å². The second-order valence-electron chi connectivity index (χ2n) is 15.7. The Morgan fingerprint density at radius 1 is 0.697 bits per heavy atom. The summed E-state index contributed by atoms with van der Waals surface area (Å²) in [6, 6.07) is 0. The van der Waals surface area contributed by atoms with Gasteiger partial charge in [-0.25, -0.2) is 0 Å². The summed E-state index contributed by atoms with van der Waals surface area (Å²) in [5, 5.41) is 9.40. The number of hydrogen-bond acceptors (Lipinski definition) is 1. The molecule has 1 nitrogen and oxygen atoms in total. The average molecular weight is 457 g/mol. The van der Waals surface area contributed by atoms with E-state index in [0.29, 0.717) is 33.7 Å². The molecule has 0 heterocycles. The van der Waals surface area contributed by atoms with Crippen LogP contribution in [0.1, 0.15) is 132 Å². The normalized spacial score (nSPS) is 54.0. The Balaban J connectivity index is 1.45. The second-order valence-corrected chi connectivity index (χ2v) is 15.7. The molecule has 190 valence electrons. The predicted molar refractivity (Wildman–Crippen MR) is 140 cm³/mol. The zero-order chi connectivity index (χ0) is 23.9. The molecule has 5 aliphatic carbocycles. The summed E-state index contributed by atoms with van der Waals surface area (Å²) in [5.74, 6) is 5.43. The molecule has 10 atom stereocenters. The lowest BCUT2D eigenvalue weighted by Gasteiger charge is -2.73. The molecule has 0 amide bonds. The van der Waals surface area contributed by atoms with Crippen molar-refractivity contribution in [3.05, 3.63) is 0 Å². The van der Waals surface area contributed by atoms with Gasteiger partial charge in [-0.2, -0.15) is 0 Å². The molecule has 5 rings (SSSR count). The maximum Gasteiger partial charge on any atom is 0.0431 e. The van der Waals surface area contributed by atoms with E-state index in [9.17, 15) is 5.11 Å². The topological polar surface area (TPSA) is 20.2 Å². The Morgan fingerprint density at radius 2 is 1.33 bits per heavy atom. The third-order valence-electron chi connectivity index (χ3n) is 14.3. The van der Waals surface area contributed by atoms with Crippen LogP contribution >= 0.6 is 0 Å². The smallest absolute Gasteiger partial charge is 0.0431 e. The number of fused-ring (bicyclic) bond motifs is 7. The zero-order valence-corrected chi connectivity index (χ0v) is 23.3. The number of aliphatic hydroxyl groups is 1. The van der Waals surface area contributed by atoms with Crippen LogP contribution in [-0.2, 0) is 0 Å². The molecule has 33 heavy (non-hydrogen) atoms. The molecule has 0 bridgehead atoms. The molecular formula is C32H56O. The van der Waals surface area contributed by atoms with Gasteiger partial charge in [0.25, 0.3) is 0 Å². The first-order chi connectivity index (χ1) is 15.4. The number of hydrogen-bond donors (Lipinski definition) is 1. The SMILES string of the molecule is CC(CCCO)[C@H]1CC[C@@]2(C)[C@@H]1CC[C@]1(C)[C@@H]2CC[C@@H]2[C@@]3(C)CCCC(C)(C)[C@@H]3CC[C@]21C. The molecule has 1 N–H and O–H groups in total. The van der Waals surface area contributed by atoms with Gasteiger partial charge in [0.15, 0.2) is 0 Å². The van der Waals surface area contributed by atoms with Crippen molar-refractivity contribution in [2.75, 3.05) is 6.61 Å². The zero-order valence-electron chi connectivity index (χ0n) is 23.3. The van der Waals surface area contributed by atoms with Gasteiger partial charge < -0.3 is 5.11 Å². The summed E-state index contributed by atoms with van der Waals surface area (Å²) >= 11 is 0. The minimum absolute atomic E-state index is 0.371. The van der Waals surface area contributed by atoms with Crippen LogP contribution < -0.4 is 0 Å². The van der Waals surface area contributed by atoms with Crippen LogP contribution in [0.3, 0.4) is 0 Å². The van der Waals surface area contributed by atoms with Gasteiger partial charge in [0.2, 0.25) is 0 Å². The van der Waals surface area contributed by atoms with Gasteiger partial charge in [0.1, 0.15) is 0 Å². The molecule has 0 spiro atoms. The molecule has 5 saturated carbocycles. The molecule has 0 aliphatic heterocycles. The first kappa shape index (κ1) is 24.6. The van der Waals surface area contributed by atoms with Crippen LogP contribution in [-0.4, -0.2) is 11.7 Å². The molecule has 0 aromatic heterocycles. The van der Waals surface area contributed by atoms with Crippen LogP contribution in [0.25, 0.3) is 0 Å². The van der Waals surface area contributed by atoms with E-state index < -0.39 is 0 Å². The van der Waals surface area contributed by atoms with Crippen molar-refractivity contribution < 1.29 is 5.11 Å². The summed E-state index contributed by atoms with van der Waals surface area (Å²) in [5.41, 5.74) is 2.72. The fourth-order valence-electron chi connectivity index (χ4n) is 12.6.